The van der Waals surface area contributed by atoms with Crippen LogP contribution in [0.15, 0.2) is 24.3 Å². The average molecular weight is 294 g/mol. The van der Waals surface area contributed by atoms with Gasteiger partial charge in [-0.15, -0.1) is 0 Å². The number of carbonyl (C=O) groups excluding carboxylic acids is 1. The highest BCUT2D eigenvalue weighted by molar-refractivity contribution is 6.30. The van der Waals surface area contributed by atoms with Gasteiger partial charge in [0.05, 0.1) is 0 Å². The number of hydrogen-bond acceptors (Lipinski definition) is 1. The molecule has 0 heterocycles. The van der Waals surface area contributed by atoms with Crippen LogP contribution >= 0.6 is 11.6 Å². The van der Waals surface area contributed by atoms with E-state index in [1.165, 1.54) is 12.8 Å². The fourth-order valence-electron chi connectivity index (χ4n) is 3.00. The van der Waals surface area contributed by atoms with E-state index in [9.17, 15) is 4.79 Å². The van der Waals surface area contributed by atoms with Gasteiger partial charge in [-0.25, -0.2) is 0 Å². The highest BCUT2D eigenvalue weighted by Crippen LogP contribution is 2.37. The Morgan fingerprint density at radius 1 is 1.20 bits per heavy atom. The Morgan fingerprint density at radius 2 is 1.85 bits per heavy atom. The number of rotatable bonds is 2. The van der Waals surface area contributed by atoms with Crippen LogP contribution in [0.4, 0.5) is 0 Å². The van der Waals surface area contributed by atoms with Crippen LogP contribution in [0.25, 0.3) is 0 Å². The zero-order valence-corrected chi connectivity index (χ0v) is 13.3. The summed E-state index contributed by atoms with van der Waals surface area (Å²) in [5, 5.41) is 3.74. The first-order valence-electron chi connectivity index (χ1n) is 7.42. The van der Waals surface area contributed by atoms with Gasteiger partial charge < -0.3 is 5.32 Å². The minimum absolute atomic E-state index is 0.00768. The van der Waals surface area contributed by atoms with E-state index in [0.717, 1.165) is 18.8 Å². The van der Waals surface area contributed by atoms with Gasteiger partial charge in [-0.1, -0.05) is 38.4 Å². The van der Waals surface area contributed by atoms with Crippen LogP contribution in [-0.4, -0.2) is 11.9 Å². The van der Waals surface area contributed by atoms with E-state index in [1.54, 1.807) is 12.1 Å². The zero-order chi connectivity index (χ0) is 14.8. The summed E-state index contributed by atoms with van der Waals surface area (Å²) in [6.07, 6.45) is 4.55. The third kappa shape index (κ3) is 3.99. The van der Waals surface area contributed by atoms with Crippen molar-refractivity contribution in [2.75, 3.05) is 0 Å². The van der Waals surface area contributed by atoms with Crippen molar-refractivity contribution in [1.29, 1.82) is 0 Å². The van der Waals surface area contributed by atoms with Crippen molar-refractivity contribution in [2.45, 2.75) is 52.5 Å². The summed E-state index contributed by atoms with van der Waals surface area (Å²) in [5.41, 5.74) is 1.03. The monoisotopic (exact) mass is 293 g/mol. The molecule has 1 N–H and O–H groups in total. The lowest BCUT2D eigenvalue weighted by Gasteiger charge is -2.37. The summed E-state index contributed by atoms with van der Waals surface area (Å²) < 4.78 is 0. The van der Waals surface area contributed by atoms with Gasteiger partial charge >= 0.3 is 0 Å². The number of nitrogens with one attached hydrogen (secondary N) is 1. The Bertz CT molecular complexity index is 470. The Kier molecular flexibility index (Phi) is 4.74. The maximum absolute atomic E-state index is 12.2. The summed E-state index contributed by atoms with van der Waals surface area (Å²) >= 11 is 5.92. The first-order chi connectivity index (χ1) is 9.36. The molecule has 1 fully saturated rings. The van der Waals surface area contributed by atoms with Gasteiger partial charge in [-0.3, -0.25) is 4.79 Å². The molecule has 1 aliphatic rings. The van der Waals surface area contributed by atoms with Gasteiger partial charge in [-0.2, -0.15) is 0 Å². The third-order valence-electron chi connectivity index (χ3n) is 4.37. The highest BCUT2D eigenvalue weighted by Gasteiger charge is 2.30. The van der Waals surface area contributed by atoms with Crippen molar-refractivity contribution in [3.63, 3.8) is 0 Å². The molecule has 0 bridgehead atoms. The van der Waals surface area contributed by atoms with E-state index in [-0.39, 0.29) is 5.91 Å². The average Bonchev–Trinajstić information content (AvgIpc) is 2.38. The van der Waals surface area contributed by atoms with Crippen LogP contribution in [0.5, 0.6) is 0 Å². The first kappa shape index (κ1) is 15.4. The minimum Gasteiger partial charge on any atom is -0.349 e. The van der Waals surface area contributed by atoms with Gasteiger partial charge in [0.15, 0.2) is 0 Å². The largest absolute Gasteiger partial charge is 0.349 e. The lowest BCUT2D eigenvalue weighted by Crippen LogP contribution is -2.39. The molecule has 1 aromatic rings. The number of carbonyl (C=O) groups is 1. The molecule has 2 nitrogen and oxygen atoms in total. The van der Waals surface area contributed by atoms with Gasteiger partial charge in [0.25, 0.3) is 5.91 Å². The van der Waals surface area contributed by atoms with E-state index in [0.29, 0.717) is 22.0 Å². The fourth-order valence-corrected chi connectivity index (χ4v) is 3.19. The van der Waals surface area contributed by atoms with Crippen molar-refractivity contribution in [3.05, 3.63) is 34.9 Å². The smallest absolute Gasteiger partial charge is 0.251 e. The topological polar surface area (TPSA) is 29.1 Å². The molecule has 0 aromatic heterocycles. The molecule has 3 heteroatoms. The molecule has 1 saturated carbocycles. The molecule has 0 aliphatic heterocycles. The van der Waals surface area contributed by atoms with E-state index in [2.05, 4.69) is 26.1 Å². The Balaban J connectivity index is 1.88. The molecule has 110 valence electrons. The van der Waals surface area contributed by atoms with Gasteiger partial charge in [-0.05, 0) is 55.2 Å². The predicted octanol–water partition coefficient (Wildman–Crippen LogP) is 4.67. The first-order valence-corrected chi connectivity index (χ1v) is 7.80. The molecule has 1 aliphatic carbocycles. The van der Waals surface area contributed by atoms with Gasteiger partial charge in [0, 0.05) is 16.6 Å². The van der Waals surface area contributed by atoms with E-state index >= 15 is 0 Å². The number of amides is 1. The van der Waals surface area contributed by atoms with Crippen LogP contribution < -0.4 is 5.32 Å². The van der Waals surface area contributed by atoms with Gasteiger partial charge in [0.2, 0.25) is 0 Å². The molecular weight excluding hydrogens is 270 g/mol. The minimum atomic E-state index is -0.00768. The Labute approximate surface area is 126 Å². The van der Waals surface area contributed by atoms with Crippen LogP contribution in [-0.2, 0) is 0 Å². The maximum Gasteiger partial charge on any atom is 0.251 e. The summed E-state index contributed by atoms with van der Waals surface area (Å²) in [6, 6.07) is 7.43. The van der Waals surface area contributed by atoms with Crippen LogP contribution in [0.1, 0.15) is 56.8 Å². The van der Waals surface area contributed by atoms with Crippen molar-refractivity contribution >= 4 is 17.5 Å². The van der Waals surface area contributed by atoms with Crippen molar-refractivity contribution in [1.82, 2.24) is 5.32 Å². The second-order valence-corrected chi connectivity index (χ2v) is 7.33. The molecule has 2 rings (SSSR count). The maximum atomic E-state index is 12.2. The second kappa shape index (κ2) is 6.17. The summed E-state index contributed by atoms with van der Waals surface area (Å²) in [5.74, 6) is 0.758. The molecule has 1 amide bonds. The number of benzene rings is 1. The van der Waals surface area contributed by atoms with Crippen LogP contribution in [0, 0.1) is 11.3 Å². The van der Waals surface area contributed by atoms with Crippen molar-refractivity contribution in [3.8, 4) is 0 Å². The van der Waals surface area contributed by atoms with E-state index in [4.69, 9.17) is 11.6 Å². The van der Waals surface area contributed by atoms with Crippen molar-refractivity contribution < 1.29 is 4.79 Å². The molecule has 0 saturated heterocycles. The zero-order valence-electron chi connectivity index (χ0n) is 12.6. The predicted molar refractivity (Wildman–Crippen MR) is 84.1 cm³/mol. The second-order valence-electron chi connectivity index (χ2n) is 6.90. The standard InChI is InChI=1S/C17H24ClNO/c1-17(2,3)13-7-9-15(10-8-13)19-16(20)12-5-4-6-14(18)11-12/h4-6,11,13,15H,7-10H2,1-3H3,(H,19,20). The van der Waals surface area contributed by atoms with Crippen LogP contribution in [0.3, 0.4) is 0 Å². The SMILES string of the molecule is CC(C)(C)C1CCC(NC(=O)c2cccc(Cl)c2)CC1. The quantitative estimate of drug-likeness (QED) is 0.843. The lowest BCUT2D eigenvalue weighted by molar-refractivity contribution is 0.0904. The van der Waals surface area contributed by atoms with E-state index in [1.807, 2.05) is 12.1 Å². The molecule has 0 spiro atoms. The molecule has 0 atom stereocenters. The Morgan fingerprint density at radius 3 is 2.40 bits per heavy atom. The highest BCUT2D eigenvalue weighted by atomic mass is 35.5. The van der Waals surface area contributed by atoms with E-state index < -0.39 is 0 Å². The number of hydrogen-bond donors (Lipinski definition) is 1. The molecule has 0 unspecified atom stereocenters. The molecule has 20 heavy (non-hydrogen) atoms. The van der Waals surface area contributed by atoms with Gasteiger partial charge in [0.1, 0.15) is 0 Å². The molecule has 1 aromatic carbocycles. The summed E-state index contributed by atoms with van der Waals surface area (Å²) in [7, 11) is 0. The molecule has 0 radical (unpaired) electrons. The summed E-state index contributed by atoms with van der Waals surface area (Å²) in [6.45, 7) is 6.92. The third-order valence-corrected chi connectivity index (χ3v) is 4.61. The number of halogens is 1. The molecular formula is C17H24ClNO. The van der Waals surface area contributed by atoms with Crippen molar-refractivity contribution in [2.24, 2.45) is 11.3 Å². The lowest BCUT2D eigenvalue weighted by atomic mass is 9.71. The summed E-state index contributed by atoms with van der Waals surface area (Å²) in [4.78, 5) is 12.2. The van der Waals surface area contributed by atoms with Crippen LogP contribution in [0.2, 0.25) is 5.02 Å². The fraction of sp³-hybridized carbons (Fsp3) is 0.588. The Hall–Kier alpha value is -1.02. The normalized spacial score (nSPS) is 23.4.